The number of carbonyl (C=O) groups is 2. The number of para-hydroxylation sites is 1. The maximum absolute atomic E-state index is 12.4. The molecule has 2 amide bonds. The molecular weight excluding hydrogens is 264 g/mol. The minimum absolute atomic E-state index is 0.0879. The largest absolute Gasteiger partial charge is 0.326 e. The summed E-state index contributed by atoms with van der Waals surface area (Å²) in [5.74, 6) is 0.0879. The van der Waals surface area contributed by atoms with Crippen LogP contribution in [0.1, 0.15) is 22.3 Å². The van der Waals surface area contributed by atoms with Crippen molar-refractivity contribution in [3.63, 3.8) is 0 Å². The third-order valence-electron chi connectivity index (χ3n) is 3.61. The lowest BCUT2D eigenvalue weighted by Crippen LogP contribution is -2.40. The summed E-state index contributed by atoms with van der Waals surface area (Å²) >= 11 is 0. The molecule has 4 heteroatoms. The smallest absolute Gasteiger partial charge is 0.308 e. The lowest BCUT2D eigenvalue weighted by molar-refractivity contribution is 0.0981. The van der Waals surface area contributed by atoms with E-state index in [1.54, 1.807) is 17.0 Å². The molecule has 1 heterocycles. The third-order valence-corrected chi connectivity index (χ3v) is 3.61. The highest BCUT2D eigenvalue weighted by Gasteiger charge is 2.26. The van der Waals surface area contributed by atoms with Crippen molar-refractivity contribution in [3.05, 3.63) is 59.7 Å². The summed E-state index contributed by atoms with van der Waals surface area (Å²) in [7, 11) is 0. The Kier molecular flexibility index (Phi) is 3.44. The zero-order chi connectivity index (χ0) is 14.8. The van der Waals surface area contributed by atoms with Crippen molar-refractivity contribution in [2.24, 2.45) is 0 Å². The van der Waals surface area contributed by atoms with Crippen molar-refractivity contribution in [1.29, 1.82) is 0 Å². The van der Waals surface area contributed by atoms with Crippen LogP contribution in [-0.2, 0) is 0 Å². The van der Waals surface area contributed by atoms with Gasteiger partial charge in [0.25, 0.3) is 0 Å². The normalized spacial score (nSPS) is 13.8. The summed E-state index contributed by atoms with van der Waals surface area (Å²) < 4.78 is 0. The summed E-state index contributed by atoms with van der Waals surface area (Å²) in [4.78, 5) is 25.9. The molecule has 0 aliphatic carbocycles. The number of aryl methyl sites for hydroxylation is 1. The molecule has 0 spiro atoms. The van der Waals surface area contributed by atoms with E-state index in [0.29, 0.717) is 24.2 Å². The van der Waals surface area contributed by atoms with Crippen LogP contribution < -0.4 is 10.2 Å². The first-order valence-corrected chi connectivity index (χ1v) is 6.92. The number of ketones is 1. The second kappa shape index (κ2) is 5.40. The first-order chi connectivity index (χ1) is 10.1. The molecule has 0 fully saturated rings. The van der Waals surface area contributed by atoms with Gasteiger partial charge in [0.2, 0.25) is 0 Å². The van der Waals surface area contributed by atoms with E-state index in [9.17, 15) is 9.59 Å². The van der Waals surface area contributed by atoms with Gasteiger partial charge in [0.1, 0.15) is 0 Å². The topological polar surface area (TPSA) is 49.4 Å². The molecule has 1 aliphatic heterocycles. The standard InChI is InChI=1S/C17H16N2O2/c1-12-6-8-13(9-7-12)18-17(21)19-11-10-16(20)14-4-2-3-5-15(14)19/h2-9H,10-11H2,1H3,(H,18,21). The lowest BCUT2D eigenvalue weighted by atomic mass is 10.0. The molecule has 2 aromatic rings. The molecule has 0 radical (unpaired) electrons. The summed E-state index contributed by atoms with van der Waals surface area (Å²) in [6.07, 6.45) is 0.359. The number of carbonyl (C=O) groups excluding carboxylic acids is 2. The Hall–Kier alpha value is -2.62. The lowest BCUT2D eigenvalue weighted by Gasteiger charge is -2.28. The average molecular weight is 280 g/mol. The van der Waals surface area contributed by atoms with Crippen molar-refractivity contribution in [3.8, 4) is 0 Å². The molecule has 3 rings (SSSR count). The van der Waals surface area contributed by atoms with E-state index < -0.39 is 0 Å². The number of nitrogens with zero attached hydrogens (tertiary/aromatic N) is 1. The molecule has 0 atom stereocenters. The highest BCUT2D eigenvalue weighted by atomic mass is 16.2. The number of hydrogen-bond acceptors (Lipinski definition) is 2. The van der Waals surface area contributed by atoms with E-state index in [-0.39, 0.29) is 11.8 Å². The van der Waals surface area contributed by atoms with Crippen LogP contribution in [0.15, 0.2) is 48.5 Å². The Morgan fingerprint density at radius 2 is 1.81 bits per heavy atom. The van der Waals surface area contributed by atoms with Crippen LogP contribution in [0.3, 0.4) is 0 Å². The van der Waals surface area contributed by atoms with E-state index >= 15 is 0 Å². The fraction of sp³-hybridized carbons (Fsp3) is 0.176. The van der Waals surface area contributed by atoms with Gasteiger partial charge in [-0.15, -0.1) is 0 Å². The maximum atomic E-state index is 12.4. The Labute approximate surface area is 123 Å². The molecule has 106 valence electrons. The van der Waals surface area contributed by atoms with Gasteiger partial charge in [-0.25, -0.2) is 4.79 Å². The Bertz CT molecular complexity index is 692. The third kappa shape index (κ3) is 2.65. The van der Waals surface area contributed by atoms with Gasteiger partial charge in [0.15, 0.2) is 5.78 Å². The van der Waals surface area contributed by atoms with Gasteiger partial charge in [0, 0.05) is 24.2 Å². The second-order valence-electron chi connectivity index (χ2n) is 5.14. The number of benzene rings is 2. The number of rotatable bonds is 1. The summed E-state index contributed by atoms with van der Waals surface area (Å²) in [5, 5.41) is 2.87. The minimum atomic E-state index is -0.209. The van der Waals surface area contributed by atoms with Crippen LogP contribution in [-0.4, -0.2) is 18.4 Å². The maximum Gasteiger partial charge on any atom is 0.326 e. The molecule has 2 aromatic carbocycles. The fourth-order valence-electron chi connectivity index (χ4n) is 2.45. The van der Waals surface area contributed by atoms with Crippen LogP contribution in [0, 0.1) is 6.92 Å². The van der Waals surface area contributed by atoms with Gasteiger partial charge in [-0.2, -0.15) is 0 Å². The van der Waals surface area contributed by atoms with Crippen LogP contribution in [0.25, 0.3) is 0 Å². The first kappa shape index (κ1) is 13.4. The van der Waals surface area contributed by atoms with E-state index in [1.165, 1.54) is 0 Å². The number of anilines is 2. The molecule has 0 aromatic heterocycles. The van der Waals surface area contributed by atoms with E-state index in [2.05, 4.69) is 5.32 Å². The molecule has 1 aliphatic rings. The highest BCUT2D eigenvalue weighted by Crippen LogP contribution is 2.27. The Morgan fingerprint density at radius 3 is 2.57 bits per heavy atom. The molecule has 0 saturated heterocycles. The zero-order valence-electron chi connectivity index (χ0n) is 11.8. The van der Waals surface area contributed by atoms with Gasteiger partial charge in [-0.1, -0.05) is 29.8 Å². The van der Waals surface area contributed by atoms with Crippen molar-refractivity contribution < 1.29 is 9.59 Å². The number of urea groups is 1. The number of nitrogens with one attached hydrogen (secondary N) is 1. The number of amides is 2. The zero-order valence-corrected chi connectivity index (χ0v) is 11.8. The summed E-state index contributed by atoms with van der Waals surface area (Å²) in [6, 6.07) is 14.7. The number of Topliss-reactive ketones (excluding diaryl/α,β-unsaturated/α-hetero) is 1. The van der Waals surface area contributed by atoms with Crippen LogP contribution in [0.5, 0.6) is 0 Å². The van der Waals surface area contributed by atoms with Gasteiger partial charge in [-0.3, -0.25) is 9.69 Å². The summed E-state index contributed by atoms with van der Waals surface area (Å²) in [6.45, 7) is 2.41. The van der Waals surface area contributed by atoms with E-state index in [4.69, 9.17) is 0 Å². The molecule has 1 N–H and O–H groups in total. The molecule has 0 saturated carbocycles. The predicted octanol–water partition coefficient (Wildman–Crippen LogP) is 3.62. The summed E-state index contributed by atoms with van der Waals surface area (Å²) in [5.41, 5.74) is 3.18. The first-order valence-electron chi connectivity index (χ1n) is 6.92. The van der Waals surface area contributed by atoms with Gasteiger partial charge >= 0.3 is 6.03 Å². The molecule has 21 heavy (non-hydrogen) atoms. The second-order valence-corrected chi connectivity index (χ2v) is 5.14. The monoisotopic (exact) mass is 280 g/mol. The van der Waals surface area contributed by atoms with Crippen molar-refractivity contribution >= 4 is 23.2 Å². The Morgan fingerprint density at radius 1 is 1.10 bits per heavy atom. The van der Waals surface area contributed by atoms with Crippen LogP contribution in [0.4, 0.5) is 16.2 Å². The van der Waals surface area contributed by atoms with Gasteiger partial charge < -0.3 is 5.32 Å². The van der Waals surface area contributed by atoms with Gasteiger partial charge in [0.05, 0.1) is 5.69 Å². The molecule has 4 nitrogen and oxygen atoms in total. The van der Waals surface area contributed by atoms with Crippen LogP contribution in [0.2, 0.25) is 0 Å². The average Bonchev–Trinajstić information content (AvgIpc) is 2.50. The molecule has 0 bridgehead atoms. The fourth-order valence-corrected chi connectivity index (χ4v) is 2.45. The van der Waals surface area contributed by atoms with Crippen molar-refractivity contribution in [1.82, 2.24) is 0 Å². The van der Waals surface area contributed by atoms with E-state index in [0.717, 1.165) is 11.3 Å². The SMILES string of the molecule is Cc1ccc(NC(=O)N2CCC(=O)c3ccccc32)cc1. The predicted molar refractivity (Wildman–Crippen MR) is 82.9 cm³/mol. The van der Waals surface area contributed by atoms with Crippen molar-refractivity contribution in [2.75, 3.05) is 16.8 Å². The molecule has 0 unspecified atom stereocenters. The quantitative estimate of drug-likeness (QED) is 0.867. The highest BCUT2D eigenvalue weighted by molar-refractivity contribution is 6.11. The van der Waals surface area contributed by atoms with Crippen LogP contribution >= 0.6 is 0 Å². The number of hydrogen-bond donors (Lipinski definition) is 1. The molecular formula is C17H16N2O2. The van der Waals surface area contributed by atoms with Crippen molar-refractivity contribution in [2.45, 2.75) is 13.3 Å². The number of fused-ring (bicyclic) bond motifs is 1. The van der Waals surface area contributed by atoms with Gasteiger partial charge in [-0.05, 0) is 31.2 Å². The van der Waals surface area contributed by atoms with E-state index in [1.807, 2.05) is 43.3 Å². The minimum Gasteiger partial charge on any atom is -0.308 e. The Balaban J connectivity index is 1.84.